The molecule has 2 unspecified atom stereocenters. The fourth-order valence-electron chi connectivity index (χ4n) is 2.55. The van der Waals surface area contributed by atoms with Gasteiger partial charge in [-0.1, -0.05) is 26.2 Å². The van der Waals surface area contributed by atoms with E-state index < -0.39 is 0 Å². The quantitative estimate of drug-likeness (QED) is 0.767. The van der Waals surface area contributed by atoms with Gasteiger partial charge in [-0.15, -0.1) is 0 Å². The number of nitrogens with one attached hydrogen (secondary N) is 1. The third-order valence-corrected chi connectivity index (χ3v) is 4.37. The summed E-state index contributed by atoms with van der Waals surface area (Å²) in [4.78, 5) is 11.9. The van der Waals surface area contributed by atoms with Crippen LogP contribution in [0.15, 0.2) is 0 Å². The summed E-state index contributed by atoms with van der Waals surface area (Å²) >= 11 is 1.74. The van der Waals surface area contributed by atoms with E-state index in [1.54, 1.807) is 11.8 Å². The molecule has 0 aromatic carbocycles. The van der Waals surface area contributed by atoms with Crippen molar-refractivity contribution in [1.82, 2.24) is 5.32 Å². The van der Waals surface area contributed by atoms with Crippen molar-refractivity contribution in [3.63, 3.8) is 0 Å². The Morgan fingerprint density at radius 2 is 2.18 bits per heavy atom. The summed E-state index contributed by atoms with van der Waals surface area (Å²) in [7, 11) is 0. The maximum absolute atomic E-state index is 11.9. The molecule has 3 nitrogen and oxygen atoms in total. The van der Waals surface area contributed by atoms with Crippen molar-refractivity contribution in [2.75, 3.05) is 12.0 Å². The van der Waals surface area contributed by atoms with Crippen LogP contribution in [-0.4, -0.2) is 30.0 Å². The Morgan fingerprint density at radius 1 is 1.47 bits per heavy atom. The van der Waals surface area contributed by atoms with E-state index in [0.717, 1.165) is 25.0 Å². The molecule has 1 rings (SSSR count). The van der Waals surface area contributed by atoms with Crippen molar-refractivity contribution in [1.29, 1.82) is 0 Å². The lowest BCUT2D eigenvalue weighted by Crippen LogP contribution is -2.49. The summed E-state index contributed by atoms with van der Waals surface area (Å²) < 4.78 is 0. The van der Waals surface area contributed by atoms with Gasteiger partial charge in [0.15, 0.2) is 0 Å². The van der Waals surface area contributed by atoms with E-state index in [0.29, 0.717) is 12.0 Å². The van der Waals surface area contributed by atoms with Gasteiger partial charge in [0.1, 0.15) is 0 Å². The van der Waals surface area contributed by atoms with Gasteiger partial charge in [0, 0.05) is 6.04 Å². The largest absolute Gasteiger partial charge is 0.352 e. The van der Waals surface area contributed by atoms with Gasteiger partial charge in [-0.05, 0) is 37.2 Å². The molecule has 1 fully saturated rings. The summed E-state index contributed by atoms with van der Waals surface area (Å²) in [6.07, 6.45) is 8.90. The van der Waals surface area contributed by atoms with Crippen molar-refractivity contribution >= 4 is 17.7 Å². The number of nitrogens with two attached hydrogens (primary N) is 1. The molecule has 1 aliphatic rings. The van der Waals surface area contributed by atoms with Gasteiger partial charge in [0.05, 0.1) is 6.04 Å². The molecule has 1 saturated carbocycles. The first-order valence-electron chi connectivity index (χ1n) is 6.74. The molecular formula is C13H26N2OS. The molecule has 17 heavy (non-hydrogen) atoms. The number of amides is 1. The lowest BCUT2D eigenvalue weighted by Gasteiger charge is -2.32. The fraction of sp³-hybridized carbons (Fsp3) is 0.923. The highest BCUT2D eigenvalue weighted by molar-refractivity contribution is 7.98. The Bertz CT molecular complexity index is 235. The van der Waals surface area contributed by atoms with Crippen molar-refractivity contribution < 1.29 is 4.79 Å². The Morgan fingerprint density at radius 3 is 2.82 bits per heavy atom. The van der Waals surface area contributed by atoms with Gasteiger partial charge in [-0.2, -0.15) is 11.8 Å². The summed E-state index contributed by atoms with van der Waals surface area (Å²) in [5, 5.41) is 3.16. The van der Waals surface area contributed by atoms with Crippen LogP contribution in [-0.2, 0) is 4.79 Å². The number of hydrogen-bond donors (Lipinski definition) is 2. The second kappa shape index (κ2) is 7.98. The van der Waals surface area contributed by atoms with E-state index in [-0.39, 0.29) is 11.9 Å². The number of carbonyl (C=O) groups is 1. The topological polar surface area (TPSA) is 55.1 Å². The SMILES string of the molecule is CCC1CCCCC1NC(=O)[C@H](N)CCSC. The number of rotatable bonds is 6. The highest BCUT2D eigenvalue weighted by atomic mass is 32.2. The third-order valence-electron chi connectivity index (χ3n) is 3.73. The molecular weight excluding hydrogens is 232 g/mol. The molecule has 0 spiro atoms. The first-order valence-corrected chi connectivity index (χ1v) is 8.13. The van der Waals surface area contributed by atoms with Crippen LogP contribution in [0, 0.1) is 5.92 Å². The van der Waals surface area contributed by atoms with Crippen molar-refractivity contribution in [3.05, 3.63) is 0 Å². The standard InChI is InChI=1S/C13H26N2OS/c1-3-10-6-4-5-7-12(10)15-13(16)11(14)8-9-17-2/h10-12H,3-9,14H2,1-2H3,(H,15,16)/t10?,11-,12?/m1/s1. The molecule has 1 amide bonds. The zero-order valence-corrected chi connectivity index (χ0v) is 11.9. The highest BCUT2D eigenvalue weighted by Gasteiger charge is 2.26. The van der Waals surface area contributed by atoms with E-state index in [1.165, 1.54) is 19.3 Å². The van der Waals surface area contributed by atoms with Crippen LogP contribution in [0.2, 0.25) is 0 Å². The predicted octanol–water partition coefficient (Wildman–Crippen LogP) is 2.15. The molecule has 0 aromatic heterocycles. The minimum absolute atomic E-state index is 0.0457. The van der Waals surface area contributed by atoms with Gasteiger partial charge in [-0.25, -0.2) is 0 Å². The van der Waals surface area contributed by atoms with E-state index >= 15 is 0 Å². The highest BCUT2D eigenvalue weighted by Crippen LogP contribution is 2.26. The van der Waals surface area contributed by atoms with Gasteiger partial charge < -0.3 is 11.1 Å². The summed E-state index contributed by atoms with van der Waals surface area (Å²) in [6, 6.07) is 0.0310. The molecule has 0 saturated heterocycles. The van der Waals surface area contributed by atoms with Crippen molar-refractivity contribution in [2.45, 2.75) is 57.5 Å². The van der Waals surface area contributed by atoms with Crippen LogP contribution >= 0.6 is 11.8 Å². The number of thioether (sulfide) groups is 1. The number of hydrogen-bond acceptors (Lipinski definition) is 3. The van der Waals surface area contributed by atoms with Gasteiger partial charge in [0.2, 0.25) is 5.91 Å². The van der Waals surface area contributed by atoms with E-state index in [1.807, 2.05) is 6.26 Å². The second-order valence-electron chi connectivity index (χ2n) is 4.96. The van der Waals surface area contributed by atoms with Crippen LogP contribution < -0.4 is 11.1 Å². The van der Waals surface area contributed by atoms with E-state index in [9.17, 15) is 4.79 Å². The fourth-order valence-corrected chi connectivity index (χ4v) is 3.04. The average Bonchev–Trinajstić information content (AvgIpc) is 2.36. The van der Waals surface area contributed by atoms with E-state index in [4.69, 9.17) is 5.73 Å². The zero-order chi connectivity index (χ0) is 12.7. The summed E-state index contributed by atoms with van der Waals surface area (Å²) in [6.45, 7) is 2.21. The molecule has 1 aliphatic carbocycles. The van der Waals surface area contributed by atoms with Gasteiger partial charge >= 0.3 is 0 Å². The lowest BCUT2D eigenvalue weighted by atomic mass is 9.83. The van der Waals surface area contributed by atoms with Gasteiger partial charge in [-0.3, -0.25) is 4.79 Å². The second-order valence-corrected chi connectivity index (χ2v) is 5.94. The Hall–Kier alpha value is -0.220. The minimum Gasteiger partial charge on any atom is -0.352 e. The molecule has 3 N–H and O–H groups in total. The van der Waals surface area contributed by atoms with Crippen molar-refractivity contribution in [3.8, 4) is 0 Å². The normalized spacial score (nSPS) is 26.5. The molecule has 4 heteroatoms. The zero-order valence-electron chi connectivity index (χ0n) is 11.1. The van der Waals surface area contributed by atoms with Gasteiger partial charge in [0.25, 0.3) is 0 Å². The average molecular weight is 258 g/mol. The molecule has 0 aromatic rings. The molecule has 0 heterocycles. The molecule has 0 radical (unpaired) electrons. The molecule has 0 bridgehead atoms. The van der Waals surface area contributed by atoms with Crippen molar-refractivity contribution in [2.24, 2.45) is 11.7 Å². The van der Waals surface area contributed by atoms with Crippen LogP contribution in [0.5, 0.6) is 0 Å². The lowest BCUT2D eigenvalue weighted by molar-refractivity contribution is -0.123. The first-order chi connectivity index (χ1) is 8.19. The monoisotopic (exact) mass is 258 g/mol. The predicted molar refractivity (Wildman–Crippen MR) is 75.2 cm³/mol. The smallest absolute Gasteiger partial charge is 0.237 e. The first kappa shape index (κ1) is 14.8. The molecule has 3 atom stereocenters. The van der Waals surface area contributed by atoms with Crippen LogP contribution in [0.1, 0.15) is 45.4 Å². The third kappa shape index (κ3) is 4.88. The van der Waals surface area contributed by atoms with E-state index in [2.05, 4.69) is 12.2 Å². The molecule has 0 aliphatic heterocycles. The number of carbonyl (C=O) groups excluding carboxylic acids is 1. The maximum Gasteiger partial charge on any atom is 0.237 e. The Kier molecular flexibility index (Phi) is 6.97. The van der Waals surface area contributed by atoms with Crippen LogP contribution in [0.4, 0.5) is 0 Å². The minimum atomic E-state index is -0.332. The Labute approximate surface area is 109 Å². The Balaban J connectivity index is 2.37. The van der Waals surface area contributed by atoms with Crippen LogP contribution in [0.3, 0.4) is 0 Å². The van der Waals surface area contributed by atoms with Crippen LogP contribution in [0.25, 0.3) is 0 Å². The molecule has 100 valence electrons. The maximum atomic E-state index is 11.9. The summed E-state index contributed by atoms with van der Waals surface area (Å²) in [5.74, 6) is 1.65. The summed E-state index contributed by atoms with van der Waals surface area (Å²) in [5.41, 5.74) is 5.88.